The summed E-state index contributed by atoms with van der Waals surface area (Å²) in [6.45, 7) is 5.10. The van der Waals surface area contributed by atoms with Crippen LogP contribution >= 0.6 is 24.0 Å². The van der Waals surface area contributed by atoms with Crippen LogP contribution < -0.4 is 0 Å². The van der Waals surface area contributed by atoms with Gasteiger partial charge in [0.1, 0.15) is 6.61 Å². The van der Waals surface area contributed by atoms with Crippen molar-refractivity contribution in [2.75, 3.05) is 59.4 Å². The van der Waals surface area contributed by atoms with Crippen molar-refractivity contribution in [1.82, 2.24) is 4.90 Å². The summed E-state index contributed by atoms with van der Waals surface area (Å²) in [5.74, 6) is -2.26. The van der Waals surface area contributed by atoms with Gasteiger partial charge in [-0.25, -0.2) is 9.59 Å². The first-order valence-electron chi connectivity index (χ1n) is 11.1. The Bertz CT molecular complexity index is 676. The molecule has 0 spiro atoms. The number of carbonyl (C=O) groups is 4. The Morgan fingerprint density at radius 2 is 1.56 bits per heavy atom. The number of esters is 3. The molecule has 13 heteroatoms. The third-order valence-corrected chi connectivity index (χ3v) is 5.80. The van der Waals surface area contributed by atoms with Crippen molar-refractivity contribution in [3.8, 4) is 0 Å². The van der Waals surface area contributed by atoms with Gasteiger partial charge in [-0.1, -0.05) is 11.8 Å². The molecule has 1 rings (SSSR count). The average molecular weight is 524 g/mol. The Morgan fingerprint density at radius 3 is 2.21 bits per heavy atom. The lowest BCUT2D eigenvalue weighted by Crippen LogP contribution is -2.35. The number of thiocarbonyl (C=S) groups is 1. The average Bonchev–Trinajstić information content (AvgIpc) is 3.24. The molecule has 0 aromatic rings. The minimum atomic E-state index is -0.878. The smallest absolute Gasteiger partial charge is 0.344 e. The highest BCUT2D eigenvalue weighted by atomic mass is 32.2. The summed E-state index contributed by atoms with van der Waals surface area (Å²) in [4.78, 5) is 49.0. The summed E-state index contributed by atoms with van der Waals surface area (Å²) < 4.78 is 30.3. The second-order valence-electron chi connectivity index (χ2n) is 6.84. The van der Waals surface area contributed by atoms with Crippen molar-refractivity contribution in [3.05, 3.63) is 0 Å². The Kier molecular flexibility index (Phi) is 16.3. The third kappa shape index (κ3) is 13.7. The van der Waals surface area contributed by atoms with Crippen molar-refractivity contribution in [2.45, 2.75) is 44.9 Å². The van der Waals surface area contributed by atoms with E-state index in [1.165, 1.54) is 11.8 Å². The van der Waals surface area contributed by atoms with Crippen LogP contribution in [0, 0.1) is 0 Å². The van der Waals surface area contributed by atoms with Gasteiger partial charge in [0.15, 0.2) is 13.2 Å². The van der Waals surface area contributed by atoms with Crippen LogP contribution in [-0.2, 0) is 47.6 Å². The second-order valence-corrected chi connectivity index (χ2v) is 8.62. The predicted octanol–water partition coefficient (Wildman–Crippen LogP) is 1.45. The van der Waals surface area contributed by atoms with Crippen LogP contribution in [-0.4, -0.2) is 97.9 Å². The van der Waals surface area contributed by atoms with Gasteiger partial charge in [-0.3, -0.25) is 9.59 Å². The Labute approximate surface area is 209 Å². The van der Waals surface area contributed by atoms with Gasteiger partial charge in [0.05, 0.1) is 31.8 Å². The molecule has 0 N–H and O–H groups in total. The molecule has 0 saturated carbocycles. The molecule has 1 heterocycles. The first kappa shape index (κ1) is 30.1. The molecule has 0 aromatic heterocycles. The number of amides is 1. The molecule has 1 unspecified atom stereocenters. The third-order valence-electron chi connectivity index (χ3n) is 4.32. The van der Waals surface area contributed by atoms with Crippen molar-refractivity contribution in [1.29, 1.82) is 0 Å². The Balaban J connectivity index is 2.23. The largest absolute Gasteiger partial charge is 0.479 e. The van der Waals surface area contributed by atoms with Crippen molar-refractivity contribution < 1.29 is 47.6 Å². The van der Waals surface area contributed by atoms with E-state index in [4.69, 9.17) is 40.6 Å². The van der Waals surface area contributed by atoms with Crippen LogP contribution in [0.5, 0.6) is 0 Å². The summed E-state index contributed by atoms with van der Waals surface area (Å²) in [6, 6.07) is 0. The number of rotatable bonds is 17. The number of hydrogen-bond acceptors (Lipinski definition) is 12. The van der Waals surface area contributed by atoms with Crippen LogP contribution in [0.15, 0.2) is 0 Å². The highest BCUT2D eigenvalue weighted by Gasteiger charge is 2.30. The fourth-order valence-electron chi connectivity index (χ4n) is 2.77. The molecule has 0 aromatic carbocycles. The number of likely N-dealkylation sites (tertiary alicyclic amines) is 1. The number of thioether (sulfide) groups is 1. The zero-order valence-electron chi connectivity index (χ0n) is 19.6. The van der Waals surface area contributed by atoms with Gasteiger partial charge in [-0.2, -0.15) is 0 Å². The minimum Gasteiger partial charge on any atom is -0.479 e. The van der Waals surface area contributed by atoms with E-state index in [0.29, 0.717) is 43.8 Å². The molecule has 1 aliphatic rings. The first-order chi connectivity index (χ1) is 16.4. The molecular formula is C21H33NO10S2. The minimum absolute atomic E-state index is 0.00213. The van der Waals surface area contributed by atoms with Gasteiger partial charge in [-0.05, 0) is 38.9 Å². The summed E-state index contributed by atoms with van der Waals surface area (Å²) in [5.41, 5.74) is 0. The van der Waals surface area contributed by atoms with Crippen LogP contribution in [0.1, 0.15) is 39.5 Å². The molecular weight excluding hydrogens is 490 g/mol. The molecule has 0 radical (unpaired) electrons. The van der Waals surface area contributed by atoms with Crippen molar-refractivity contribution in [3.63, 3.8) is 0 Å². The number of ether oxygens (including phenoxy) is 6. The predicted molar refractivity (Wildman–Crippen MR) is 126 cm³/mol. The van der Waals surface area contributed by atoms with E-state index in [-0.39, 0.29) is 37.3 Å². The normalized spacial score (nSPS) is 13.9. The zero-order chi connectivity index (χ0) is 25.2. The summed E-state index contributed by atoms with van der Waals surface area (Å²) in [5, 5.41) is -0.355. The van der Waals surface area contributed by atoms with Crippen molar-refractivity contribution in [2.24, 2.45) is 0 Å². The number of nitrogens with zero attached hydrogens (tertiary/aromatic N) is 1. The molecule has 1 saturated heterocycles. The molecule has 34 heavy (non-hydrogen) atoms. The first-order valence-corrected chi connectivity index (χ1v) is 12.4. The molecule has 0 aliphatic carbocycles. The van der Waals surface area contributed by atoms with E-state index in [2.05, 4.69) is 0 Å². The van der Waals surface area contributed by atoms with Crippen LogP contribution in [0.3, 0.4) is 0 Å². The molecule has 1 atom stereocenters. The van der Waals surface area contributed by atoms with Gasteiger partial charge in [-0.15, -0.1) is 0 Å². The maximum absolute atomic E-state index is 12.1. The fraction of sp³-hybridized carbons (Fsp3) is 0.762. The molecule has 1 fully saturated rings. The van der Waals surface area contributed by atoms with E-state index in [0.717, 1.165) is 6.42 Å². The van der Waals surface area contributed by atoms with Gasteiger partial charge in [0.2, 0.25) is 10.3 Å². The topological polar surface area (TPSA) is 127 Å². The van der Waals surface area contributed by atoms with Crippen LogP contribution in [0.25, 0.3) is 0 Å². The number of hydrogen-bond donors (Lipinski definition) is 0. The van der Waals surface area contributed by atoms with Crippen LogP contribution in [0.2, 0.25) is 0 Å². The van der Waals surface area contributed by atoms with E-state index < -0.39 is 31.1 Å². The summed E-state index contributed by atoms with van der Waals surface area (Å²) in [6.07, 6.45) is 1.46. The maximum Gasteiger partial charge on any atom is 0.344 e. The lowest BCUT2D eigenvalue weighted by molar-refractivity contribution is -0.165. The molecule has 1 aliphatic heterocycles. The summed E-state index contributed by atoms with van der Waals surface area (Å²) >= 11 is 6.36. The van der Waals surface area contributed by atoms with Gasteiger partial charge in [0.25, 0.3) is 0 Å². The SMILES string of the molecule is CCOCCOCCOC(=O)COC(=O)COC(=O)CCC(SC(=S)OCC)N1CCCC1=O. The van der Waals surface area contributed by atoms with Crippen LogP contribution in [0.4, 0.5) is 0 Å². The molecule has 0 bridgehead atoms. The lowest BCUT2D eigenvalue weighted by Gasteiger charge is -2.26. The fourth-order valence-corrected chi connectivity index (χ4v) is 4.21. The highest BCUT2D eigenvalue weighted by molar-refractivity contribution is 8.23. The number of carbonyl (C=O) groups excluding carboxylic acids is 4. The molecule has 11 nitrogen and oxygen atoms in total. The van der Waals surface area contributed by atoms with E-state index in [9.17, 15) is 19.2 Å². The Hall–Kier alpha value is -1.96. The summed E-state index contributed by atoms with van der Waals surface area (Å²) in [7, 11) is 0. The molecule has 1 amide bonds. The molecule has 194 valence electrons. The highest BCUT2D eigenvalue weighted by Crippen LogP contribution is 2.27. The lowest BCUT2D eigenvalue weighted by atomic mass is 10.3. The maximum atomic E-state index is 12.1. The van der Waals surface area contributed by atoms with Gasteiger partial charge >= 0.3 is 17.9 Å². The monoisotopic (exact) mass is 523 g/mol. The van der Waals surface area contributed by atoms with Gasteiger partial charge < -0.3 is 33.3 Å². The standard InChI is InChI=1S/C21H33NO10S2/c1-3-27-10-11-28-12-13-30-19(25)14-32-20(26)15-31-18(24)8-7-17(34-21(33)29-4-2)22-9-5-6-16(22)23/h17H,3-15H2,1-2H3. The van der Waals surface area contributed by atoms with E-state index >= 15 is 0 Å². The Morgan fingerprint density at radius 1 is 0.912 bits per heavy atom. The van der Waals surface area contributed by atoms with Gasteiger partial charge in [0, 0.05) is 26.0 Å². The zero-order valence-corrected chi connectivity index (χ0v) is 21.2. The van der Waals surface area contributed by atoms with E-state index in [1.54, 1.807) is 11.8 Å². The van der Waals surface area contributed by atoms with E-state index in [1.807, 2.05) is 6.92 Å². The quantitative estimate of drug-likeness (QED) is 0.118. The second kappa shape index (κ2) is 18.4. The van der Waals surface area contributed by atoms with Crippen molar-refractivity contribution >= 4 is 52.2 Å².